The third kappa shape index (κ3) is 8.34. The number of guanidine groups is 1. The summed E-state index contributed by atoms with van der Waals surface area (Å²) >= 11 is 0. The zero-order valence-electron chi connectivity index (χ0n) is 24.4. The molecular formula is C31H40N8O5. The number of nitrogens with two attached hydrogens (primary N) is 3. The van der Waals surface area contributed by atoms with E-state index in [9.17, 15) is 24.3 Å². The van der Waals surface area contributed by atoms with Crippen LogP contribution in [-0.4, -0.2) is 81.9 Å². The molecule has 3 aromatic rings. The Morgan fingerprint density at radius 2 is 1.73 bits per heavy atom. The molecule has 1 aromatic heterocycles. The van der Waals surface area contributed by atoms with Crippen LogP contribution in [0, 0.1) is 0 Å². The van der Waals surface area contributed by atoms with Crippen molar-refractivity contribution < 1.29 is 24.3 Å². The molecule has 1 fully saturated rings. The van der Waals surface area contributed by atoms with Crippen molar-refractivity contribution in [1.82, 2.24) is 20.5 Å². The number of amides is 3. The van der Waals surface area contributed by atoms with Crippen molar-refractivity contribution >= 4 is 40.6 Å². The number of aliphatic carboxylic acids is 1. The van der Waals surface area contributed by atoms with Gasteiger partial charge >= 0.3 is 5.97 Å². The van der Waals surface area contributed by atoms with Gasteiger partial charge in [-0.05, 0) is 42.9 Å². The van der Waals surface area contributed by atoms with E-state index in [1.54, 1.807) is 30.5 Å². The molecule has 0 aliphatic carbocycles. The van der Waals surface area contributed by atoms with Crippen molar-refractivity contribution in [1.29, 1.82) is 0 Å². The lowest BCUT2D eigenvalue weighted by Crippen LogP contribution is -2.57. The van der Waals surface area contributed by atoms with Crippen LogP contribution in [0.2, 0.25) is 0 Å². The zero-order valence-corrected chi connectivity index (χ0v) is 24.4. The molecule has 4 atom stereocenters. The number of nitrogens with zero attached hydrogens (tertiary/aromatic N) is 2. The Morgan fingerprint density at radius 1 is 1.00 bits per heavy atom. The molecule has 10 N–H and O–H groups in total. The van der Waals surface area contributed by atoms with E-state index < -0.39 is 42.0 Å². The average molecular weight is 605 g/mol. The number of aromatic amines is 1. The van der Waals surface area contributed by atoms with Gasteiger partial charge in [-0.3, -0.25) is 19.4 Å². The number of hydrogen-bond acceptors (Lipinski definition) is 6. The molecule has 2 heterocycles. The number of para-hydroxylation sites is 1. The van der Waals surface area contributed by atoms with Crippen LogP contribution in [0.25, 0.3) is 10.9 Å². The van der Waals surface area contributed by atoms with Gasteiger partial charge in [-0.25, -0.2) is 4.79 Å². The normalized spacial score (nSPS) is 16.6. The van der Waals surface area contributed by atoms with E-state index >= 15 is 0 Å². The van der Waals surface area contributed by atoms with Crippen LogP contribution in [0.15, 0.2) is 65.8 Å². The topological polar surface area (TPSA) is 222 Å². The minimum absolute atomic E-state index is 0.0397. The fourth-order valence-electron chi connectivity index (χ4n) is 5.48. The van der Waals surface area contributed by atoms with Crippen LogP contribution in [0.1, 0.15) is 36.8 Å². The predicted molar refractivity (Wildman–Crippen MR) is 166 cm³/mol. The van der Waals surface area contributed by atoms with Crippen LogP contribution in [-0.2, 0) is 32.0 Å². The Morgan fingerprint density at radius 3 is 2.45 bits per heavy atom. The quantitative estimate of drug-likeness (QED) is 0.0772. The molecule has 4 rings (SSSR count). The number of carboxylic acids is 1. The summed E-state index contributed by atoms with van der Waals surface area (Å²) in [5.74, 6) is -2.74. The molecule has 0 saturated carbocycles. The molecule has 1 saturated heterocycles. The average Bonchev–Trinajstić information content (AvgIpc) is 3.66. The van der Waals surface area contributed by atoms with Crippen molar-refractivity contribution in [2.24, 2.45) is 22.2 Å². The third-order valence-corrected chi connectivity index (χ3v) is 7.75. The number of carbonyl (C=O) groups excluding carboxylic acids is 3. The Bertz CT molecular complexity index is 1490. The number of aromatic nitrogens is 1. The molecule has 0 spiro atoms. The highest BCUT2D eigenvalue weighted by Crippen LogP contribution is 2.22. The largest absolute Gasteiger partial charge is 0.480 e. The molecular weight excluding hydrogens is 564 g/mol. The van der Waals surface area contributed by atoms with E-state index in [2.05, 4.69) is 20.6 Å². The van der Waals surface area contributed by atoms with Crippen LogP contribution in [0.3, 0.4) is 0 Å². The number of benzene rings is 2. The minimum Gasteiger partial charge on any atom is -0.480 e. The van der Waals surface area contributed by atoms with Crippen LogP contribution < -0.4 is 27.8 Å². The zero-order chi connectivity index (χ0) is 31.6. The SMILES string of the molecule is NC(N)=NCCCC(N)C(=O)N1CCCC1C(=O)NC(Cc1c[nH]c2ccccc12)C(=O)NC(Cc1ccccc1)C(=O)O. The molecule has 44 heavy (non-hydrogen) atoms. The summed E-state index contributed by atoms with van der Waals surface area (Å²) in [4.78, 5) is 61.1. The van der Waals surface area contributed by atoms with Crippen LogP contribution in [0.4, 0.5) is 0 Å². The maximum Gasteiger partial charge on any atom is 0.326 e. The first-order chi connectivity index (χ1) is 21.1. The number of hydrogen-bond donors (Lipinski definition) is 7. The first-order valence-electron chi connectivity index (χ1n) is 14.7. The van der Waals surface area contributed by atoms with E-state index in [4.69, 9.17) is 17.2 Å². The summed E-state index contributed by atoms with van der Waals surface area (Å²) in [6, 6.07) is 12.6. The standard InChI is InChI=1S/C31H40N8O5/c32-22(11-6-14-35-31(33)34)29(42)39-15-7-13-26(39)28(41)37-24(17-20-18-36-23-12-5-4-10-21(20)23)27(40)38-25(30(43)44)16-19-8-2-1-3-9-19/h1-5,8-10,12,18,22,24-26,36H,6-7,11,13-17,32H2,(H,37,41)(H,38,40)(H,43,44)(H4,33,34,35). The van der Waals surface area contributed by atoms with Gasteiger partial charge in [-0.15, -0.1) is 0 Å². The molecule has 1 aliphatic rings. The van der Waals surface area contributed by atoms with Gasteiger partial charge in [0.25, 0.3) is 0 Å². The number of rotatable bonds is 14. The smallest absolute Gasteiger partial charge is 0.326 e. The number of H-pyrrole nitrogens is 1. The second-order valence-electron chi connectivity index (χ2n) is 11.0. The van der Waals surface area contributed by atoms with Gasteiger partial charge in [0.05, 0.1) is 6.04 Å². The molecule has 4 unspecified atom stereocenters. The maximum absolute atomic E-state index is 13.7. The van der Waals surface area contributed by atoms with Crippen LogP contribution >= 0.6 is 0 Å². The van der Waals surface area contributed by atoms with Crippen molar-refractivity contribution in [2.75, 3.05) is 13.1 Å². The van der Waals surface area contributed by atoms with Crippen molar-refractivity contribution in [2.45, 2.75) is 62.7 Å². The first kappa shape index (κ1) is 32.0. The highest BCUT2D eigenvalue weighted by Gasteiger charge is 2.38. The summed E-state index contributed by atoms with van der Waals surface area (Å²) in [5, 5.41) is 16.2. The van der Waals surface area contributed by atoms with Crippen molar-refractivity contribution in [3.63, 3.8) is 0 Å². The number of fused-ring (bicyclic) bond motifs is 1. The maximum atomic E-state index is 13.7. The minimum atomic E-state index is -1.21. The van der Waals surface area contributed by atoms with E-state index in [1.807, 2.05) is 30.3 Å². The van der Waals surface area contributed by atoms with Gasteiger partial charge in [0, 0.05) is 43.0 Å². The second-order valence-corrected chi connectivity index (χ2v) is 11.0. The first-order valence-corrected chi connectivity index (χ1v) is 14.7. The monoisotopic (exact) mass is 604 g/mol. The fraction of sp³-hybridized carbons (Fsp3) is 0.387. The van der Waals surface area contributed by atoms with E-state index in [-0.39, 0.29) is 24.7 Å². The lowest BCUT2D eigenvalue weighted by molar-refractivity contribution is -0.143. The number of likely N-dealkylation sites (tertiary alicyclic amines) is 1. The van der Waals surface area contributed by atoms with Gasteiger partial charge in [0.2, 0.25) is 17.7 Å². The van der Waals surface area contributed by atoms with E-state index in [0.717, 1.165) is 22.0 Å². The third-order valence-electron chi connectivity index (χ3n) is 7.75. The molecule has 2 aromatic carbocycles. The lowest BCUT2D eigenvalue weighted by Gasteiger charge is -2.28. The van der Waals surface area contributed by atoms with Gasteiger partial charge < -0.3 is 42.8 Å². The molecule has 0 bridgehead atoms. The molecule has 13 heteroatoms. The molecule has 13 nitrogen and oxygen atoms in total. The highest BCUT2D eigenvalue weighted by molar-refractivity contribution is 5.95. The highest BCUT2D eigenvalue weighted by atomic mass is 16.4. The van der Waals surface area contributed by atoms with Gasteiger partial charge in [-0.2, -0.15) is 0 Å². The predicted octanol–water partition coefficient (Wildman–Crippen LogP) is 0.379. The number of nitrogens with one attached hydrogen (secondary N) is 3. The summed E-state index contributed by atoms with van der Waals surface area (Å²) in [6.45, 7) is 0.690. The Hall–Kier alpha value is -4.91. The van der Waals surface area contributed by atoms with E-state index in [1.165, 1.54) is 4.90 Å². The van der Waals surface area contributed by atoms with Gasteiger partial charge in [0.1, 0.15) is 18.1 Å². The summed E-state index contributed by atoms with van der Waals surface area (Å²) in [5.41, 5.74) is 19.2. The Balaban J connectivity index is 1.50. The molecule has 3 amide bonds. The molecule has 234 valence electrons. The molecule has 0 radical (unpaired) electrons. The number of carboxylic acid groups (broad SMARTS) is 1. The number of carbonyl (C=O) groups is 4. The van der Waals surface area contributed by atoms with Gasteiger partial charge in [-0.1, -0.05) is 48.5 Å². The summed E-state index contributed by atoms with van der Waals surface area (Å²) in [7, 11) is 0. The fourth-order valence-corrected chi connectivity index (χ4v) is 5.48. The van der Waals surface area contributed by atoms with E-state index in [0.29, 0.717) is 38.8 Å². The summed E-state index contributed by atoms with van der Waals surface area (Å²) < 4.78 is 0. The van der Waals surface area contributed by atoms with Gasteiger partial charge in [0.15, 0.2) is 5.96 Å². The second kappa shape index (κ2) is 15.0. The van der Waals surface area contributed by atoms with Crippen LogP contribution in [0.5, 0.6) is 0 Å². The Kier molecular flexibility index (Phi) is 10.9. The molecule has 1 aliphatic heterocycles. The lowest BCUT2D eigenvalue weighted by atomic mass is 10.0. The number of aliphatic imine (C=N–C) groups is 1. The summed E-state index contributed by atoms with van der Waals surface area (Å²) in [6.07, 6.45) is 3.78. The van der Waals surface area contributed by atoms with Crippen molar-refractivity contribution in [3.8, 4) is 0 Å². The Labute approximate surface area is 255 Å². The van der Waals surface area contributed by atoms with Crippen molar-refractivity contribution in [3.05, 3.63) is 71.9 Å².